The SMILES string of the molecule is COc1ccc(NC(=O)N(S)C[C@@H](C)Cn2ccnc2)cc1OC. The van der Waals surface area contributed by atoms with Gasteiger partial charge in [-0.1, -0.05) is 19.7 Å². The summed E-state index contributed by atoms with van der Waals surface area (Å²) in [4.78, 5) is 16.3. The Balaban J connectivity index is 1.91. The molecule has 0 saturated heterocycles. The van der Waals surface area contributed by atoms with Crippen molar-refractivity contribution in [2.75, 3.05) is 26.1 Å². The molecule has 130 valence electrons. The lowest BCUT2D eigenvalue weighted by molar-refractivity contribution is 0.233. The quantitative estimate of drug-likeness (QED) is 0.754. The average Bonchev–Trinajstić information content (AvgIpc) is 3.07. The predicted molar refractivity (Wildman–Crippen MR) is 95.6 cm³/mol. The van der Waals surface area contributed by atoms with E-state index in [2.05, 4.69) is 23.1 Å². The lowest BCUT2D eigenvalue weighted by Gasteiger charge is -2.21. The van der Waals surface area contributed by atoms with Crippen molar-refractivity contribution in [1.82, 2.24) is 13.9 Å². The van der Waals surface area contributed by atoms with Crippen molar-refractivity contribution in [3.05, 3.63) is 36.9 Å². The van der Waals surface area contributed by atoms with Crippen molar-refractivity contribution < 1.29 is 14.3 Å². The maximum absolute atomic E-state index is 12.3. The van der Waals surface area contributed by atoms with Crippen LogP contribution in [0.2, 0.25) is 0 Å². The molecule has 0 aliphatic rings. The standard InChI is InChI=1S/C16H22N4O3S/c1-12(9-19-7-6-17-11-19)10-20(24)16(21)18-13-4-5-14(22-2)15(8-13)23-3/h4-8,11-12,24H,9-10H2,1-3H3,(H,18,21)/t12-/m0/s1. The molecule has 1 N–H and O–H groups in total. The molecule has 0 aliphatic carbocycles. The Kier molecular flexibility index (Phi) is 6.36. The van der Waals surface area contributed by atoms with Crippen LogP contribution in [0.5, 0.6) is 11.5 Å². The Labute approximate surface area is 147 Å². The molecule has 0 saturated carbocycles. The monoisotopic (exact) mass is 350 g/mol. The van der Waals surface area contributed by atoms with Crippen LogP contribution in [0.15, 0.2) is 36.9 Å². The van der Waals surface area contributed by atoms with E-state index in [1.165, 1.54) is 4.31 Å². The number of hydrogen-bond acceptors (Lipinski definition) is 5. The second-order valence-electron chi connectivity index (χ2n) is 5.45. The zero-order chi connectivity index (χ0) is 17.5. The van der Waals surface area contributed by atoms with E-state index in [0.29, 0.717) is 23.7 Å². The summed E-state index contributed by atoms with van der Waals surface area (Å²) in [5, 5.41) is 2.79. The first-order valence-electron chi connectivity index (χ1n) is 7.48. The summed E-state index contributed by atoms with van der Waals surface area (Å²) in [7, 11) is 3.11. The number of hydrogen-bond donors (Lipinski definition) is 2. The summed E-state index contributed by atoms with van der Waals surface area (Å²) in [6.45, 7) is 3.31. The number of benzene rings is 1. The molecule has 0 unspecified atom stereocenters. The van der Waals surface area contributed by atoms with Gasteiger partial charge >= 0.3 is 6.03 Å². The fourth-order valence-corrected chi connectivity index (χ4v) is 2.62. The Morgan fingerprint density at radius 2 is 2.12 bits per heavy atom. The molecule has 0 bridgehead atoms. The molecule has 8 heteroatoms. The van der Waals surface area contributed by atoms with Crippen LogP contribution >= 0.6 is 12.8 Å². The molecule has 7 nitrogen and oxygen atoms in total. The number of nitrogens with zero attached hydrogens (tertiary/aromatic N) is 3. The largest absolute Gasteiger partial charge is 0.493 e. The first kappa shape index (κ1) is 18.0. The number of amides is 2. The molecule has 1 atom stereocenters. The third-order valence-corrected chi connectivity index (χ3v) is 3.78. The summed E-state index contributed by atoms with van der Waals surface area (Å²) in [5.41, 5.74) is 0.610. The van der Waals surface area contributed by atoms with E-state index in [4.69, 9.17) is 9.47 Å². The summed E-state index contributed by atoms with van der Waals surface area (Å²) < 4.78 is 13.7. The van der Waals surface area contributed by atoms with Gasteiger partial charge in [-0.25, -0.2) is 9.78 Å². The lowest BCUT2D eigenvalue weighted by atomic mass is 10.2. The number of urea groups is 1. The van der Waals surface area contributed by atoms with E-state index in [-0.39, 0.29) is 11.9 Å². The molecule has 1 aromatic heterocycles. The van der Waals surface area contributed by atoms with Crippen molar-refractivity contribution in [2.45, 2.75) is 13.5 Å². The molecule has 1 heterocycles. The van der Waals surface area contributed by atoms with Gasteiger partial charge in [0.05, 0.1) is 20.5 Å². The molecule has 1 aromatic carbocycles. The van der Waals surface area contributed by atoms with Crippen molar-refractivity contribution in [3.8, 4) is 11.5 Å². The zero-order valence-corrected chi connectivity index (χ0v) is 14.9. The first-order valence-corrected chi connectivity index (χ1v) is 7.88. The van der Waals surface area contributed by atoms with Crippen LogP contribution in [0.4, 0.5) is 10.5 Å². The van der Waals surface area contributed by atoms with E-state index in [0.717, 1.165) is 6.54 Å². The third kappa shape index (κ3) is 4.82. The van der Waals surface area contributed by atoms with Crippen LogP contribution in [0.1, 0.15) is 6.92 Å². The number of ether oxygens (including phenoxy) is 2. The van der Waals surface area contributed by atoms with Gasteiger partial charge in [0, 0.05) is 37.2 Å². The summed E-state index contributed by atoms with van der Waals surface area (Å²) in [5.74, 6) is 1.38. The third-order valence-electron chi connectivity index (χ3n) is 3.44. The van der Waals surface area contributed by atoms with Crippen LogP contribution in [0.25, 0.3) is 0 Å². The number of carbonyl (C=O) groups excluding carboxylic acids is 1. The highest BCUT2D eigenvalue weighted by molar-refractivity contribution is 7.78. The molecular weight excluding hydrogens is 328 g/mol. The topological polar surface area (TPSA) is 68.6 Å². The molecule has 2 rings (SSSR count). The summed E-state index contributed by atoms with van der Waals surface area (Å²) in [6, 6.07) is 4.88. The van der Waals surface area contributed by atoms with Crippen molar-refractivity contribution in [2.24, 2.45) is 5.92 Å². The van der Waals surface area contributed by atoms with Crippen LogP contribution in [0, 0.1) is 5.92 Å². The van der Waals surface area contributed by atoms with Gasteiger partial charge in [0.1, 0.15) is 0 Å². The number of anilines is 1. The average molecular weight is 350 g/mol. The fourth-order valence-electron chi connectivity index (χ4n) is 2.29. The Hall–Kier alpha value is -2.35. The van der Waals surface area contributed by atoms with Gasteiger partial charge in [-0.3, -0.25) is 4.31 Å². The van der Waals surface area contributed by atoms with E-state index in [1.54, 1.807) is 44.9 Å². The number of carbonyl (C=O) groups is 1. The lowest BCUT2D eigenvalue weighted by Crippen LogP contribution is -2.31. The molecule has 2 aromatic rings. The first-order chi connectivity index (χ1) is 11.5. The molecule has 0 spiro atoms. The van der Waals surface area contributed by atoms with E-state index >= 15 is 0 Å². The molecule has 0 fully saturated rings. The van der Waals surface area contributed by atoms with Crippen LogP contribution in [-0.4, -0.2) is 40.7 Å². The zero-order valence-electron chi connectivity index (χ0n) is 14.0. The number of nitrogens with one attached hydrogen (secondary N) is 1. The smallest absolute Gasteiger partial charge is 0.331 e. The molecule has 0 radical (unpaired) electrons. The van der Waals surface area contributed by atoms with Gasteiger partial charge in [0.2, 0.25) is 0 Å². The number of rotatable bonds is 7. The van der Waals surface area contributed by atoms with Crippen molar-refractivity contribution in [3.63, 3.8) is 0 Å². The highest BCUT2D eigenvalue weighted by atomic mass is 32.1. The number of aromatic nitrogens is 2. The molecule has 0 aliphatic heterocycles. The Bertz CT molecular complexity index is 663. The molecule has 2 amide bonds. The second kappa shape index (κ2) is 8.49. The van der Waals surface area contributed by atoms with Crippen LogP contribution in [-0.2, 0) is 6.54 Å². The van der Waals surface area contributed by atoms with E-state index in [1.807, 2.05) is 17.7 Å². The Morgan fingerprint density at radius 3 is 2.75 bits per heavy atom. The summed E-state index contributed by atoms with van der Waals surface area (Å²) >= 11 is 4.27. The maximum Gasteiger partial charge on any atom is 0.331 e. The van der Waals surface area contributed by atoms with Gasteiger partial charge in [0.25, 0.3) is 0 Å². The highest BCUT2D eigenvalue weighted by Crippen LogP contribution is 2.29. The normalized spacial score (nSPS) is 11.7. The minimum absolute atomic E-state index is 0.229. The van der Waals surface area contributed by atoms with Gasteiger partial charge < -0.3 is 19.4 Å². The number of imidazole rings is 1. The predicted octanol–water partition coefficient (Wildman–Crippen LogP) is 2.92. The van der Waals surface area contributed by atoms with Crippen LogP contribution in [0.3, 0.4) is 0 Å². The van der Waals surface area contributed by atoms with Gasteiger partial charge in [-0.2, -0.15) is 0 Å². The fraction of sp³-hybridized carbons (Fsp3) is 0.375. The van der Waals surface area contributed by atoms with Crippen molar-refractivity contribution >= 4 is 24.5 Å². The van der Waals surface area contributed by atoms with Gasteiger partial charge in [-0.15, -0.1) is 0 Å². The number of thiol groups is 1. The van der Waals surface area contributed by atoms with E-state index < -0.39 is 0 Å². The second-order valence-corrected chi connectivity index (χ2v) is 5.93. The highest BCUT2D eigenvalue weighted by Gasteiger charge is 2.15. The Morgan fingerprint density at radius 1 is 1.38 bits per heavy atom. The minimum Gasteiger partial charge on any atom is -0.493 e. The minimum atomic E-state index is -0.303. The van der Waals surface area contributed by atoms with E-state index in [9.17, 15) is 4.79 Å². The van der Waals surface area contributed by atoms with Crippen molar-refractivity contribution in [1.29, 1.82) is 0 Å². The van der Waals surface area contributed by atoms with Gasteiger partial charge in [-0.05, 0) is 18.1 Å². The maximum atomic E-state index is 12.3. The summed E-state index contributed by atoms with van der Waals surface area (Å²) in [6.07, 6.45) is 5.38. The number of methoxy groups -OCH3 is 2. The molecule has 24 heavy (non-hydrogen) atoms. The molecular formula is C16H22N4O3S. The van der Waals surface area contributed by atoms with Gasteiger partial charge in [0.15, 0.2) is 11.5 Å². The van der Waals surface area contributed by atoms with Crippen LogP contribution < -0.4 is 14.8 Å².